The van der Waals surface area contributed by atoms with Crippen LogP contribution in [0.4, 0.5) is 0 Å². The predicted octanol–water partition coefficient (Wildman–Crippen LogP) is 13.1. The predicted molar refractivity (Wildman–Crippen MR) is 231 cm³/mol. The van der Waals surface area contributed by atoms with Crippen LogP contribution in [0, 0.1) is 0 Å². The van der Waals surface area contributed by atoms with Gasteiger partial charge < -0.3 is 14.2 Å². The smallest absolute Gasteiger partial charge is 0.159 e. The van der Waals surface area contributed by atoms with E-state index < -0.39 is 6.17 Å². The summed E-state index contributed by atoms with van der Waals surface area (Å²) in [5, 5.41) is 15.5. The number of amidine groups is 2. The molecule has 262 valence electrons. The highest BCUT2D eigenvalue weighted by molar-refractivity contribution is 6.26. The monoisotopic (exact) mass is 717 g/mol. The van der Waals surface area contributed by atoms with Crippen LogP contribution in [-0.2, 0) is 0 Å². The molecule has 5 heteroatoms. The Kier molecular flexibility index (Phi) is 6.63. The third-order valence-electron chi connectivity index (χ3n) is 11.3. The Bertz CT molecular complexity index is 3430. The van der Waals surface area contributed by atoms with Gasteiger partial charge in [0.1, 0.15) is 34.3 Å². The minimum absolute atomic E-state index is 0.393. The fraction of sp³-hybridized carbons (Fsp3) is 0.0196. The zero-order valence-electron chi connectivity index (χ0n) is 30.0. The number of furan rings is 2. The van der Waals surface area contributed by atoms with E-state index in [4.69, 9.17) is 18.8 Å². The van der Waals surface area contributed by atoms with E-state index in [1.807, 2.05) is 42.5 Å². The SMILES string of the molecule is c1ccc(C2=NC(c3ccc4c(c3)oc3c(-c5ccc6c7ccccc7c7ccccc7c6c5)cccc34)NC(c3ccc4oc5ccccc5c4c3)=N2)cc1. The number of hydrogen-bond acceptors (Lipinski definition) is 5. The van der Waals surface area contributed by atoms with Crippen LogP contribution in [0.1, 0.15) is 22.9 Å². The summed E-state index contributed by atoms with van der Waals surface area (Å²) in [7, 11) is 0. The second-order valence-electron chi connectivity index (χ2n) is 14.5. The Labute approximate surface area is 320 Å². The van der Waals surface area contributed by atoms with Crippen molar-refractivity contribution in [2.45, 2.75) is 6.17 Å². The van der Waals surface area contributed by atoms with Crippen LogP contribution in [0.2, 0.25) is 0 Å². The minimum atomic E-state index is -0.393. The number of para-hydroxylation sites is 2. The molecule has 1 N–H and O–H groups in total. The van der Waals surface area contributed by atoms with Gasteiger partial charge >= 0.3 is 0 Å². The first kappa shape index (κ1) is 30.9. The van der Waals surface area contributed by atoms with Gasteiger partial charge in [0, 0.05) is 43.8 Å². The Morgan fingerprint density at radius 2 is 1.00 bits per heavy atom. The average Bonchev–Trinajstić information content (AvgIpc) is 3.84. The molecule has 1 aliphatic heterocycles. The van der Waals surface area contributed by atoms with Crippen molar-refractivity contribution in [1.29, 1.82) is 0 Å². The van der Waals surface area contributed by atoms with Crippen molar-refractivity contribution in [3.8, 4) is 11.1 Å². The summed E-state index contributed by atoms with van der Waals surface area (Å²) in [6.45, 7) is 0. The number of nitrogens with one attached hydrogen (secondary N) is 1. The van der Waals surface area contributed by atoms with E-state index in [-0.39, 0.29) is 0 Å². The van der Waals surface area contributed by atoms with Crippen molar-refractivity contribution in [2.75, 3.05) is 0 Å². The third kappa shape index (κ3) is 4.74. The normalized spacial score (nSPS) is 14.6. The van der Waals surface area contributed by atoms with Crippen LogP contribution in [0.25, 0.3) is 87.3 Å². The van der Waals surface area contributed by atoms with Gasteiger partial charge in [-0.05, 0) is 74.3 Å². The largest absolute Gasteiger partial charge is 0.456 e. The maximum atomic E-state index is 6.83. The molecule has 2 aromatic heterocycles. The molecule has 0 bridgehead atoms. The van der Waals surface area contributed by atoms with Crippen molar-refractivity contribution in [3.63, 3.8) is 0 Å². The van der Waals surface area contributed by atoms with Gasteiger partial charge in [-0.25, -0.2) is 9.98 Å². The molecule has 0 radical (unpaired) electrons. The molecule has 1 atom stereocenters. The molecule has 0 saturated heterocycles. The van der Waals surface area contributed by atoms with Gasteiger partial charge in [-0.2, -0.15) is 0 Å². The Morgan fingerprint density at radius 3 is 1.80 bits per heavy atom. The topological polar surface area (TPSA) is 63.0 Å². The van der Waals surface area contributed by atoms with Gasteiger partial charge in [0.15, 0.2) is 5.84 Å². The summed E-state index contributed by atoms with van der Waals surface area (Å²) in [5.74, 6) is 1.42. The standard InChI is InChI=1S/C51H31N3O2/c1-2-11-30(12-3-1)49-52-50(32-23-26-46-44(28-32)40-17-8-9-20-45(40)55-46)54-51(53-49)33-22-25-41-42-19-10-18-34(48(42)56-47(41)29-33)31-21-24-39-37-15-5-4-13-35(37)36-14-6-7-16-38(36)43(39)27-31/h1-29,51H,(H,52,53,54). The third-order valence-corrected chi connectivity index (χ3v) is 11.3. The van der Waals surface area contributed by atoms with Crippen molar-refractivity contribution in [3.05, 3.63) is 193 Å². The number of nitrogens with zero attached hydrogens (tertiary/aromatic N) is 2. The summed E-state index contributed by atoms with van der Waals surface area (Å²) >= 11 is 0. The molecule has 9 aromatic carbocycles. The first-order chi connectivity index (χ1) is 27.7. The van der Waals surface area contributed by atoms with Crippen LogP contribution in [0.5, 0.6) is 0 Å². The van der Waals surface area contributed by atoms with Gasteiger partial charge in [-0.1, -0.05) is 140 Å². The highest BCUT2D eigenvalue weighted by atomic mass is 16.3. The summed E-state index contributed by atoms with van der Waals surface area (Å²) < 4.78 is 13.0. The number of aliphatic imine (C=N–C) groups is 2. The summed E-state index contributed by atoms with van der Waals surface area (Å²) in [4.78, 5) is 10.2. The van der Waals surface area contributed by atoms with Gasteiger partial charge in [-0.3, -0.25) is 0 Å². The number of fused-ring (bicyclic) bond motifs is 12. The first-order valence-corrected chi connectivity index (χ1v) is 18.9. The van der Waals surface area contributed by atoms with Crippen LogP contribution < -0.4 is 5.32 Å². The lowest BCUT2D eigenvalue weighted by Gasteiger charge is -2.23. The van der Waals surface area contributed by atoms with Gasteiger partial charge in [0.25, 0.3) is 0 Å². The highest BCUT2D eigenvalue weighted by Gasteiger charge is 2.23. The van der Waals surface area contributed by atoms with Crippen molar-refractivity contribution in [1.82, 2.24) is 5.32 Å². The average molecular weight is 718 g/mol. The number of rotatable bonds is 4. The van der Waals surface area contributed by atoms with Crippen molar-refractivity contribution in [2.24, 2.45) is 9.98 Å². The Balaban J connectivity index is 0.973. The number of hydrogen-bond donors (Lipinski definition) is 1. The molecule has 0 saturated carbocycles. The fourth-order valence-corrected chi connectivity index (χ4v) is 8.64. The van der Waals surface area contributed by atoms with E-state index in [2.05, 4.69) is 139 Å². The lowest BCUT2D eigenvalue weighted by Crippen LogP contribution is -2.33. The molecule has 1 aliphatic rings. The van der Waals surface area contributed by atoms with Gasteiger partial charge in [0.05, 0.1) is 0 Å². The summed E-state index contributed by atoms with van der Waals surface area (Å²) in [6.07, 6.45) is -0.393. The molecule has 0 aliphatic carbocycles. The zero-order chi connectivity index (χ0) is 36.7. The Hall–Kier alpha value is -7.50. The second kappa shape index (κ2) is 12.0. The van der Waals surface area contributed by atoms with Crippen LogP contribution >= 0.6 is 0 Å². The molecule has 5 nitrogen and oxygen atoms in total. The summed E-state index contributed by atoms with van der Waals surface area (Å²) in [6, 6.07) is 61.6. The quantitative estimate of drug-likeness (QED) is 0.184. The maximum absolute atomic E-state index is 6.83. The zero-order valence-corrected chi connectivity index (χ0v) is 30.0. The van der Waals surface area contributed by atoms with Crippen LogP contribution in [0.15, 0.2) is 195 Å². The highest BCUT2D eigenvalue weighted by Crippen LogP contribution is 2.41. The summed E-state index contributed by atoms with van der Waals surface area (Å²) in [5.41, 5.74) is 8.49. The molecule has 0 spiro atoms. The van der Waals surface area contributed by atoms with E-state index in [1.165, 1.54) is 32.3 Å². The molecule has 56 heavy (non-hydrogen) atoms. The first-order valence-electron chi connectivity index (χ1n) is 18.9. The van der Waals surface area contributed by atoms with E-state index in [0.717, 1.165) is 77.5 Å². The number of benzene rings is 9. The van der Waals surface area contributed by atoms with E-state index in [0.29, 0.717) is 5.84 Å². The molecule has 11 aromatic rings. The molecule has 3 heterocycles. The Morgan fingerprint density at radius 1 is 0.393 bits per heavy atom. The van der Waals surface area contributed by atoms with E-state index in [9.17, 15) is 0 Å². The van der Waals surface area contributed by atoms with E-state index in [1.54, 1.807) is 0 Å². The molecule has 12 rings (SSSR count). The van der Waals surface area contributed by atoms with Crippen LogP contribution in [0.3, 0.4) is 0 Å². The van der Waals surface area contributed by atoms with Crippen molar-refractivity contribution < 1.29 is 8.83 Å². The van der Waals surface area contributed by atoms with Gasteiger partial charge in [-0.15, -0.1) is 0 Å². The van der Waals surface area contributed by atoms with Gasteiger partial charge in [0.2, 0.25) is 0 Å². The van der Waals surface area contributed by atoms with Crippen LogP contribution in [-0.4, -0.2) is 11.7 Å². The molecule has 0 amide bonds. The molecule has 1 unspecified atom stereocenters. The molecule has 0 fully saturated rings. The fourth-order valence-electron chi connectivity index (χ4n) is 8.64. The van der Waals surface area contributed by atoms with Crippen molar-refractivity contribution >= 4 is 87.9 Å². The maximum Gasteiger partial charge on any atom is 0.159 e. The molecular weight excluding hydrogens is 687 g/mol. The lowest BCUT2D eigenvalue weighted by atomic mass is 9.92. The second-order valence-corrected chi connectivity index (χ2v) is 14.5. The molecular formula is C51H31N3O2. The van der Waals surface area contributed by atoms with E-state index >= 15 is 0 Å². The minimum Gasteiger partial charge on any atom is -0.456 e. The lowest BCUT2D eigenvalue weighted by molar-refractivity contribution is 0.655.